The first kappa shape index (κ1) is 9.23. The number of hydrogen-bond acceptors (Lipinski definition) is 2. The molecule has 3 heteroatoms. The van der Waals surface area contributed by atoms with Crippen molar-refractivity contribution in [1.82, 2.24) is 0 Å². The molecule has 1 N–H and O–H groups in total. The molecule has 0 aromatic rings. The molecule has 0 amide bonds. The molecule has 12 heavy (non-hydrogen) atoms. The third-order valence-electron chi connectivity index (χ3n) is 2.94. The highest BCUT2D eigenvalue weighted by Gasteiger charge is 2.41. The van der Waals surface area contributed by atoms with Crippen LogP contribution in [-0.2, 0) is 9.59 Å². The SMILES string of the molecule is CC(=O)[C@@]1(C)CCC(C(=O)O)C1. The van der Waals surface area contributed by atoms with Crippen molar-refractivity contribution in [1.29, 1.82) is 0 Å². The van der Waals surface area contributed by atoms with Crippen molar-refractivity contribution in [2.75, 3.05) is 0 Å². The molecule has 0 bridgehead atoms. The van der Waals surface area contributed by atoms with E-state index in [-0.39, 0.29) is 17.1 Å². The molecule has 1 fully saturated rings. The van der Waals surface area contributed by atoms with Crippen LogP contribution in [0.2, 0.25) is 0 Å². The zero-order valence-electron chi connectivity index (χ0n) is 7.46. The molecule has 0 aromatic carbocycles. The van der Waals surface area contributed by atoms with Crippen LogP contribution in [0.3, 0.4) is 0 Å². The van der Waals surface area contributed by atoms with Crippen molar-refractivity contribution in [3.8, 4) is 0 Å². The van der Waals surface area contributed by atoms with Crippen LogP contribution in [0.1, 0.15) is 33.1 Å². The number of ketones is 1. The first-order chi connectivity index (χ1) is 5.46. The van der Waals surface area contributed by atoms with Crippen LogP contribution < -0.4 is 0 Å². The Hall–Kier alpha value is -0.860. The van der Waals surface area contributed by atoms with Crippen LogP contribution in [-0.4, -0.2) is 16.9 Å². The molecular weight excluding hydrogens is 156 g/mol. The van der Waals surface area contributed by atoms with Crippen molar-refractivity contribution in [3.05, 3.63) is 0 Å². The summed E-state index contributed by atoms with van der Waals surface area (Å²) in [5, 5.41) is 8.72. The number of carbonyl (C=O) groups is 2. The van der Waals surface area contributed by atoms with Gasteiger partial charge in [-0.1, -0.05) is 6.92 Å². The Labute approximate surface area is 71.8 Å². The Morgan fingerprint density at radius 3 is 2.33 bits per heavy atom. The van der Waals surface area contributed by atoms with Crippen LogP contribution in [0.5, 0.6) is 0 Å². The van der Waals surface area contributed by atoms with Gasteiger partial charge in [0, 0.05) is 5.41 Å². The third kappa shape index (κ3) is 1.49. The second-order valence-corrected chi connectivity index (χ2v) is 3.89. The van der Waals surface area contributed by atoms with Crippen molar-refractivity contribution >= 4 is 11.8 Å². The van der Waals surface area contributed by atoms with Crippen LogP contribution in [0.25, 0.3) is 0 Å². The smallest absolute Gasteiger partial charge is 0.306 e. The lowest BCUT2D eigenvalue weighted by molar-refractivity contribution is -0.141. The maximum Gasteiger partial charge on any atom is 0.306 e. The van der Waals surface area contributed by atoms with Crippen molar-refractivity contribution in [2.45, 2.75) is 33.1 Å². The molecule has 0 spiro atoms. The van der Waals surface area contributed by atoms with E-state index in [9.17, 15) is 9.59 Å². The van der Waals surface area contributed by atoms with Crippen molar-refractivity contribution in [3.63, 3.8) is 0 Å². The largest absolute Gasteiger partial charge is 0.481 e. The molecule has 0 radical (unpaired) electrons. The van der Waals surface area contributed by atoms with Crippen LogP contribution >= 0.6 is 0 Å². The van der Waals surface area contributed by atoms with Crippen molar-refractivity contribution < 1.29 is 14.7 Å². The molecule has 1 saturated carbocycles. The highest BCUT2D eigenvalue weighted by atomic mass is 16.4. The number of hydrogen-bond donors (Lipinski definition) is 1. The topological polar surface area (TPSA) is 54.4 Å². The Morgan fingerprint density at radius 1 is 1.50 bits per heavy atom. The molecule has 0 aliphatic heterocycles. The van der Waals surface area contributed by atoms with E-state index in [1.165, 1.54) is 0 Å². The lowest BCUT2D eigenvalue weighted by Gasteiger charge is -2.18. The first-order valence-corrected chi connectivity index (χ1v) is 4.19. The minimum Gasteiger partial charge on any atom is -0.481 e. The van der Waals surface area contributed by atoms with E-state index in [0.29, 0.717) is 12.8 Å². The summed E-state index contributed by atoms with van der Waals surface area (Å²) in [5.74, 6) is -0.954. The van der Waals surface area contributed by atoms with E-state index in [1.807, 2.05) is 6.92 Å². The zero-order valence-corrected chi connectivity index (χ0v) is 7.46. The van der Waals surface area contributed by atoms with E-state index in [4.69, 9.17) is 5.11 Å². The highest BCUT2D eigenvalue weighted by Crippen LogP contribution is 2.42. The molecule has 1 aliphatic rings. The lowest BCUT2D eigenvalue weighted by Crippen LogP contribution is -2.23. The first-order valence-electron chi connectivity index (χ1n) is 4.19. The van der Waals surface area contributed by atoms with Gasteiger partial charge in [0.05, 0.1) is 5.92 Å². The summed E-state index contributed by atoms with van der Waals surface area (Å²) >= 11 is 0. The van der Waals surface area contributed by atoms with Gasteiger partial charge in [-0.2, -0.15) is 0 Å². The van der Waals surface area contributed by atoms with Gasteiger partial charge >= 0.3 is 5.97 Å². The van der Waals surface area contributed by atoms with E-state index < -0.39 is 5.97 Å². The molecule has 0 aromatic heterocycles. The predicted molar refractivity (Wildman–Crippen MR) is 43.8 cm³/mol. The molecule has 2 atom stereocenters. The fourth-order valence-electron chi connectivity index (χ4n) is 1.77. The third-order valence-corrected chi connectivity index (χ3v) is 2.94. The molecule has 3 nitrogen and oxygen atoms in total. The average Bonchev–Trinajstić information content (AvgIpc) is 2.33. The fourth-order valence-corrected chi connectivity index (χ4v) is 1.77. The van der Waals surface area contributed by atoms with Crippen molar-refractivity contribution in [2.24, 2.45) is 11.3 Å². The van der Waals surface area contributed by atoms with Crippen LogP contribution in [0, 0.1) is 11.3 Å². The van der Waals surface area contributed by atoms with E-state index in [1.54, 1.807) is 6.92 Å². The normalized spacial score (nSPS) is 35.0. The van der Waals surface area contributed by atoms with Gasteiger partial charge in [-0.05, 0) is 26.2 Å². The molecule has 0 saturated heterocycles. The summed E-state index contributed by atoms with van der Waals surface area (Å²) in [6.45, 7) is 3.41. The van der Waals surface area contributed by atoms with Gasteiger partial charge in [0.2, 0.25) is 0 Å². The number of carboxylic acid groups (broad SMARTS) is 1. The maximum absolute atomic E-state index is 11.1. The van der Waals surface area contributed by atoms with Gasteiger partial charge < -0.3 is 5.11 Å². The van der Waals surface area contributed by atoms with E-state index >= 15 is 0 Å². The maximum atomic E-state index is 11.1. The van der Waals surface area contributed by atoms with Crippen LogP contribution in [0.15, 0.2) is 0 Å². The number of rotatable bonds is 2. The summed E-state index contributed by atoms with van der Waals surface area (Å²) < 4.78 is 0. The second kappa shape index (κ2) is 2.88. The molecule has 1 unspecified atom stereocenters. The van der Waals surface area contributed by atoms with E-state index in [0.717, 1.165) is 6.42 Å². The number of carbonyl (C=O) groups excluding carboxylic acids is 1. The quantitative estimate of drug-likeness (QED) is 0.682. The Bertz CT molecular complexity index is 222. The van der Waals surface area contributed by atoms with Gasteiger partial charge in [0.25, 0.3) is 0 Å². The number of carboxylic acids is 1. The Kier molecular flexibility index (Phi) is 2.22. The average molecular weight is 170 g/mol. The van der Waals surface area contributed by atoms with Gasteiger partial charge in [-0.3, -0.25) is 9.59 Å². The van der Waals surface area contributed by atoms with Gasteiger partial charge in [0.15, 0.2) is 0 Å². The molecule has 68 valence electrons. The number of aliphatic carboxylic acids is 1. The summed E-state index contributed by atoms with van der Waals surface area (Å²) in [5.41, 5.74) is -0.372. The number of Topliss-reactive ketones (excluding diaryl/α,β-unsaturated/α-hetero) is 1. The second-order valence-electron chi connectivity index (χ2n) is 3.89. The molecule has 0 heterocycles. The van der Waals surface area contributed by atoms with Gasteiger partial charge in [-0.25, -0.2) is 0 Å². The Morgan fingerprint density at radius 2 is 2.08 bits per heavy atom. The Balaban J connectivity index is 2.67. The summed E-state index contributed by atoms with van der Waals surface area (Å²) in [7, 11) is 0. The van der Waals surface area contributed by atoms with Gasteiger partial charge in [-0.15, -0.1) is 0 Å². The molecule has 1 rings (SSSR count). The standard InChI is InChI=1S/C9H14O3/c1-6(10)9(2)4-3-7(5-9)8(11)12/h7H,3-5H2,1-2H3,(H,11,12)/t7?,9-/m0/s1. The summed E-state index contributed by atoms with van der Waals surface area (Å²) in [6.07, 6.45) is 1.88. The summed E-state index contributed by atoms with van der Waals surface area (Å²) in [6, 6.07) is 0. The minimum absolute atomic E-state index is 0.117. The monoisotopic (exact) mass is 170 g/mol. The van der Waals surface area contributed by atoms with Crippen LogP contribution in [0.4, 0.5) is 0 Å². The van der Waals surface area contributed by atoms with E-state index in [2.05, 4.69) is 0 Å². The molecule has 1 aliphatic carbocycles. The highest BCUT2D eigenvalue weighted by molar-refractivity contribution is 5.83. The fraction of sp³-hybridized carbons (Fsp3) is 0.778. The minimum atomic E-state index is -0.764. The van der Waals surface area contributed by atoms with Gasteiger partial charge in [0.1, 0.15) is 5.78 Å². The predicted octanol–water partition coefficient (Wildman–Crippen LogP) is 1.47. The lowest BCUT2D eigenvalue weighted by atomic mass is 9.84. The summed E-state index contributed by atoms with van der Waals surface area (Å²) in [4.78, 5) is 21.7. The molecular formula is C9H14O3. The zero-order chi connectivity index (χ0) is 9.35.